The molecule has 1 heterocycles. The number of hydrogen-bond acceptors (Lipinski definition) is 3. The number of carbonyl (C=O) groups is 2. The summed E-state index contributed by atoms with van der Waals surface area (Å²) in [5.74, 6) is -0.715. The second-order valence-electron chi connectivity index (χ2n) is 4.09. The Labute approximate surface area is 99.4 Å². The molecule has 5 nitrogen and oxygen atoms in total. The highest BCUT2D eigenvalue weighted by Gasteiger charge is 2.23. The third kappa shape index (κ3) is 2.82. The van der Waals surface area contributed by atoms with Crippen LogP contribution in [-0.4, -0.2) is 24.4 Å². The zero-order chi connectivity index (χ0) is 12.3. The Morgan fingerprint density at radius 3 is 2.76 bits per heavy atom. The number of benzene rings is 1. The predicted molar refractivity (Wildman–Crippen MR) is 63.0 cm³/mol. The van der Waals surface area contributed by atoms with E-state index in [0.717, 1.165) is 0 Å². The lowest BCUT2D eigenvalue weighted by atomic mass is 9.95. The van der Waals surface area contributed by atoms with E-state index < -0.39 is 5.91 Å². The Morgan fingerprint density at radius 2 is 2.06 bits per heavy atom. The van der Waals surface area contributed by atoms with E-state index in [2.05, 4.69) is 10.6 Å². The quantitative estimate of drug-likeness (QED) is 0.645. The van der Waals surface area contributed by atoms with Gasteiger partial charge in [0.15, 0.2) is 0 Å². The number of carbonyl (C=O) groups excluding carboxylic acids is 2. The molecule has 0 radical (unpaired) electrons. The largest absolute Gasteiger partial charge is 0.368 e. The SMILES string of the molecule is NC(=O)CNC(=O)[C@@H]1Cc2ccccc2CN1. The fourth-order valence-corrected chi connectivity index (χ4v) is 1.94. The lowest BCUT2D eigenvalue weighted by molar-refractivity contribution is -0.126. The number of amides is 2. The summed E-state index contributed by atoms with van der Waals surface area (Å²) >= 11 is 0. The molecule has 2 amide bonds. The smallest absolute Gasteiger partial charge is 0.237 e. The first-order valence-electron chi connectivity index (χ1n) is 5.53. The summed E-state index contributed by atoms with van der Waals surface area (Å²) in [7, 11) is 0. The van der Waals surface area contributed by atoms with Crippen LogP contribution in [-0.2, 0) is 22.6 Å². The number of nitrogens with one attached hydrogen (secondary N) is 2. The van der Waals surface area contributed by atoms with Gasteiger partial charge in [-0.3, -0.25) is 9.59 Å². The van der Waals surface area contributed by atoms with Crippen LogP contribution in [0.5, 0.6) is 0 Å². The summed E-state index contributed by atoms with van der Waals surface area (Å²) in [4.78, 5) is 22.3. The van der Waals surface area contributed by atoms with E-state index >= 15 is 0 Å². The van der Waals surface area contributed by atoms with E-state index in [1.807, 2.05) is 24.3 Å². The molecule has 1 aromatic rings. The highest BCUT2D eigenvalue weighted by molar-refractivity contribution is 5.87. The Kier molecular flexibility index (Phi) is 3.39. The lowest BCUT2D eigenvalue weighted by Gasteiger charge is -2.25. The third-order valence-electron chi connectivity index (χ3n) is 2.83. The second-order valence-corrected chi connectivity index (χ2v) is 4.09. The van der Waals surface area contributed by atoms with Gasteiger partial charge in [-0.2, -0.15) is 0 Å². The van der Waals surface area contributed by atoms with Crippen LogP contribution in [0.15, 0.2) is 24.3 Å². The molecule has 0 saturated heterocycles. The van der Waals surface area contributed by atoms with Crippen LogP contribution in [0.1, 0.15) is 11.1 Å². The van der Waals surface area contributed by atoms with E-state index in [-0.39, 0.29) is 18.5 Å². The monoisotopic (exact) mass is 233 g/mol. The Balaban J connectivity index is 1.97. The molecule has 0 fully saturated rings. The number of primary amides is 1. The first kappa shape index (κ1) is 11.6. The zero-order valence-electron chi connectivity index (χ0n) is 9.40. The average Bonchev–Trinajstić information content (AvgIpc) is 2.35. The van der Waals surface area contributed by atoms with Crippen LogP contribution < -0.4 is 16.4 Å². The average molecular weight is 233 g/mol. The third-order valence-corrected chi connectivity index (χ3v) is 2.83. The Bertz CT molecular complexity index is 445. The van der Waals surface area contributed by atoms with Gasteiger partial charge in [0.05, 0.1) is 12.6 Å². The molecule has 0 bridgehead atoms. The molecule has 17 heavy (non-hydrogen) atoms. The van der Waals surface area contributed by atoms with E-state index in [4.69, 9.17) is 5.73 Å². The maximum Gasteiger partial charge on any atom is 0.237 e. The van der Waals surface area contributed by atoms with Gasteiger partial charge in [0.2, 0.25) is 11.8 Å². The molecule has 1 aromatic carbocycles. The fraction of sp³-hybridized carbons (Fsp3) is 0.333. The van der Waals surface area contributed by atoms with Crippen molar-refractivity contribution in [3.8, 4) is 0 Å². The van der Waals surface area contributed by atoms with Crippen molar-refractivity contribution in [2.45, 2.75) is 19.0 Å². The molecular weight excluding hydrogens is 218 g/mol. The van der Waals surface area contributed by atoms with Gasteiger partial charge in [0.25, 0.3) is 0 Å². The van der Waals surface area contributed by atoms with Gasteiger partial charge in [-0.05, 0) is 17.5 Å². The minimum absolute atomic E-state index is 0.112. The summed E-state index contributed by atoms with van der Waals surface area (Å²) in [5, 5.41) is 5.64. The highest BCUT2D eigenvalue weighted by atomic mass is 16.2. The van der Waals surface area contributed by atoms with Crippen molar-refractivity contribution in [1.29, 1.82) is 0 Å². The van der Waals surface area contributed by atoms with Crippen molar-refractivity contribution in [2.75, 3.05) is 6.54 Å². The van der Waals surface area contributed by atoms with Crippen LogP contribution in [0.3, 0.4) is 0 Å². The van der Waals surface area contributed by atoms with Crippen LogP contribution in [0, 0.1) is 0 Å². The van der Waals surface area contributed by atoms with E-state index in [9.17, 15) is 9.59 Å². The van der Waals surface area contributed by atoms with Gasteiger partial charge in [-0.25, -0.2) is 0 Å². The van der Waals surface area contributed by atoms with Crippen molar-refractivity contribution < 1.29 is 9.59 Å². The standard InChI is InChI=1S/C12H15N3O2/c13-11(16)7-15-12(17)10-5-8-3-1-2-4-9(8)6-14-10/h1-4,10,14H,5-7H2,(H2,13,16)(H,15,17)/t10-/m0/s1. The van der Waals surface area contributed by atoms with Crippen molar-refractivity contribution in [2.24, 2.45) is 5.73 Å². The van der Waals surface area contributed by atoms with Gasteiger partial charge in [0, 0.05) is 6.54 Å². The molecule has 1 aliphatic heterocycles. The minimum atomic E-state index is -0.533. The summed E-state index contributed by atoms with van der Waals surface area (Å²) in [6, 6.07) is 7.71. The molecule has 5 heteroatoms. The lowest BCUT2D eigenvalue weighted by Crippen LogP contribution is -2.49. The van der Waals surface area contributed by atoms with Crippen molar-refractivity contribution in [3.63, 3.8) is 0 Å². The molecule has 0 aromatic heterocycles. The summed E-state index contributed by atoms with van der Waals surface area (Å²) in [5.41, 5.74) is 7.36. The summed E-state index contributed by atoms with van der Waals surface area (Å²) < 4.78 is 0. The van der Waals surface area contributed by atoms with Crippen molar-refractivity contribution in [1.82, 2.24) is 10.6 Å². The van der Waals surface area contributed by atoms with Gasteiger partial charge in [0.1, 0.15) is 0 Å². The molecule has 90 valence electrons. The van der Waals surface area contributed by atoms with Gasteiger partial charge < -0.3 is 16.4 Å². The number of fused-ring (bicyclic) bond motifs is 1. The summed E-state index contributed by atoms with van der Waals surface area (Å²) in [6.45, 7) is 0.559. The predicted octanol–water partition coefficient (Wildman–Crippen LogP) is -0.698. The highest BCUT2D eigenvalue weighted by Crippen LogP contribution is 2.16. The van der Waals surface area contributed by atoms with Crippen molar-refractivity contribution in [3.05, 3.63) is 35.4 Å². The van der Waals surface area contributed by atoms with Crippen LogP contribution in [0.4, 0.5) is 0 Å². The number of nitrogens with two attached hydrogens (primary N) is 1. The van der Waals surface area contributed by atoms with E-state index in [1.54, 1.807) is 0 Å². The normalized spacial score (nSPS) is 18.2. The molecule has 0 saturated carbocycles. The van der Waals surface area contributed by atoms with Gasteiger partial charge >= 0.3 is 0 Å². The van der Waals surface area contributed by atoms with Crippen LogP contribution in [0.25, 0.3) is 0 Å². The number of rotatable bonds is 3. The molecular formula is C12H15N3O2. The first-order chi connectivity index (χ1) is 8.16. The molecule has 0 spiro atoms. The molecule has 1 aliphatic rings. The van der Waals surface area contributed by atoms with E-state index in [0.29, 0.717) is 13.0 Å². The fourth-order valence-electron chi connectivity index (χ4n) is 1.94. The number of hydrogen-bond donors (Lipinski definition) is 3. The van der Waals surface area contributed by atoms with Crippen LogP contribution >= 0.6 is 0 Å². The summed E-state index contributed by atoms with van der Waals surface area (Å²) in [6.07, 6.45) is 0.640. The van der Waals surface area contributed by atoms with Crippen molar-refractivity contribution >= 4 is 11.8 Å². The maximum atomic E-state index is 11.7. The molecule has 2 rings (SSSR count). The Hall–Kier alpha value is -1.88. The topological polar surface area (TPSA) is 84.2 Å². The Morgan fingerprint density at radius 1 is 1.35 bits per heavy atom. The van der Waals surface area contributed by atoms with Crippen LogP contribution in [0.2, 0.25) is 0 Å². The minimum Gasteiger partial charge on any atom is -0.368 e. The molecule has 4 N–H and O–H groups in total. The first-order valence-corrected chi connectivity index (χ1v) is 5.53. The maximum absolute atomic E-state index is 11.7. The zero-order valence-corrected chi connectivity index (χ0v) is 9.40. The van der Waals surface area contributed by atoms with Gasteiger partial charge in [-0.1, -0.05) is 24.3 Å². The second kappa shape index (κ2) is 4.97. The molecule has 1 atom stereocenters. The van der Waals surface area contributed by atoms with E-state index in [1.165, 1.54) is 11.1 Å². The molecule has 0 unspecified atom stereocenters. The molecule has 0 aliphatic carbocycles. The van der Waals surface area contributed by atoms with Gasteiger partial charge in [-0.15, -0.1) is 0 Å².